The summed E-state index contributed by atoms with van der Waals surface area (Å²) in [6.45, 7) is 0. The zero-order valence-corrected chi connectivity index (χ0v) is 15.6. The number of hydrogen-bond acceptors (Lipinski definition) is 8. The Balaban J connectivity index is 1.80. The third-order valence-electron chi connectivity index (χ3n) is 3.57. The average molecular weight is 393 g/mol. The van der Waals surface area contributed by atoms with Gasteiger partial charge in [0.2, 0.25) is 5.91 Å². The number of methoxy groups -OCH3 is 2. The van der Waals surface area contributed by atoms with Crippen molar-refractivity contribution in [3.8, 4) is 11.5 Å². The van der Waals surface area contributed by atoms with Crippen LogP contribution in [0.25, 0.3) is 11.0 Å². The lowest BCUT2D eigenvalue weighted by atomic mass is 10.2. The number of hydrogen-bond donors (Lipinski definition) is 1. The largest absolute Gasteiger partial charge is 0.493 e. The highest BCUT2D eigenvalue weighted by Crippen LogP contribution is 2.30. The number of nitrogens with zero attached hydrogens (tertiary/aromatic N) is 2. The molecule has 1 aromatic heterocycles. The maximum absolute atomic E-state index is 12.6. The molecule has 0 atom stereocenters. The number of carbonyl (C=O) groups excluding carboxylic acids is 1. The highest BCUT2D eigenvalue weighted by molar-refractivity contribution is 7.92. The van der Waals surface area contributed by atoms with Gasteiger partial charge in [0, 0.05) is 11.8 Å². The molecule has 0 saturated carbocycles. The fourth-order valence-electron chi connectivity index (χ4n) is 2.39. The van der Waals surface area contributed by atoms with Gasteiger partial charge < -0.3 is 14.8 Å². The minimum Gasteiger partial charge on any atom is -0.493 e. The molecule has 2 aromatic carbocycles. The van der Waals surface area contributed by atoms with E-state index >= 15 is 0 Å². The predicted octanol–water partition coefficient (Wildman–Crippen LogP) is 2.12. The highest BCUT2D eigenvalue weighted by atomic mass is 32.2. The molecule has 136 valence electrons. The molecule has 1 heterocycles. The molecule has 0 spiro atoms. The molecular formula is C16H15N3O5S2. The van der Waals surface area contributed by atoms with Gasteiger partial charge in [0.15, 0.2) is 21.3 Å². The normalized spacial score (nSPS) is 11.3. The van der Waals surface area contributed by atoms with Crippen LogP contribution in [0, 0.1) is 0 Å². The quantitative estimate of drug-likeness (QED) is 0.683. The van der Waals surface area contributed by atoms with E-state index in [0.29, 0.717) is 22.7 Å². The maximum atomic E-state index is 12.6. The van der Waals surface area contributed by atoms with E-state index in [1.54, 1.807) is 30.3 Å². The summed E-state index contributed by atoms with van der Waals surface area (Å²) in [5.74, 6) is -0.456. The van der Waals surface area contributed by atoms with Gasteiger partial charge in [0.25, 0.3) is 0 Å². The first-order valence-electron chi connectivity index (χ1n) is 7.40. The van der Waals surface area contributed by atoms with Gasteiger partial charge in [0.1, 0.15) is 16.8 Å². The van der Waals surface area contributed by atoms with E-state index in [9.17, 15) is 13.2 Å². The van der Waals surface area contributed by atoms with E-state index in [1.165, 1.54) is 20.3 Å². The van der Waals surface area contributed by atoms with E-state index < -0.39 is 21.5 Å². The second-order valence-corrected chi connectivity index (χ2v) is 7.75. The molecule has 0 bridgehead atoms. The summed E-state index contributed by atoms with van der Waals surface area (Å²) in [5.41, 5.74) is 1.16. The van der Waals surface area contributed by atoms with Crippen molar-refractivity contribution in [2.45, 2.75) is 4.90 Å². The molecule has 0 aliphatic heterocycles. The van der Waals surface area contributed by atoms with Gasteiger partial charge in [0.05, 0.1) is 30.8 Å². The molecule has 10 heteroatoms. The van der Waals surface area contributed by atoms with Crippen LogP contribution in [0.5, 0.6) is 11.5 Å². The smallest absolute Gasteiger partial charge is 0.239 e. The monoisotopic (exact) mass is 393 g/mol. The number of anilines is 1. The van der Waals surface area contributed by atoms with Crippen molar-refractivity contribution in [2.75, 3.05) is 25.3 Å². The summed E-state index contributed by atoms with van der Waals surface area (Å²) < 4.78 is 43.5. The van der Waals surface area contributed by atoms with Crippen LogP contribution in [0.3, 0.4) is 0 Å². The number of sulfone groups is 1. The average Bonchev–Trinajstić information content (AvgIpc) is 3.09. The van der Waals surface area contributed by atoms with Crippen molar-refractivity contribution in [1.82, 2.24) is 8.75 Å². The number of ether oxygens (including phenoxy) is 2. The Morgan fingerprint density at radius 2 is 1.88 bits per heavy atom. The van der Waals surface area contributed by atoms with Crippen LogP contribution in [0.4, 0.5) is 5.69 Å². The lowest BCUT2D eigenvalue weighted by Gasteiger charge is -2.11. The third-order valence-corrected chi connectivity index (χ3v) is 5.76. The second-order valence-electron chi connectivity index (χ2n) is 5.27. The zero-order valence-electron chi connectivity index (χ0n) is 13.9. The van der Waals surface area contributed by atoms with Crippen molar-refractivity contribution in [3.05, 3.63) is 36.4 Å². The van der Waals surface area contributed by atoms with Gasteiger partial charge in [-0.05, 0) is 24.3 Å². The number of carbonyl (C=O) groups is 1. The van der Waals surface area contributed by atoms with E-state index in [2.05, 4.69) is 14.1 Å². The van der Waals surface area contributed by atoms with Crippen LogP contribution in [0.2, 0.25) is 0 Å². The number of aromatic nitrogens is 2. The van der Waals surface area contributed by atoms with Gasteiger partial charge in [-0.15, -0.1) is 0 Å². The standard InChI is InChI=1S/C16H15N3O5S2/c1-23-12-7-6-10(8-13(12)24-2)17-15(20)9-26(21,22)14-5-3-4-11-16(14)19-25-18-11/h3-8H,9H2,1-2H3,(H,17,20). The molecular weight excluding hydrogens is 378 g/mol. The number of amides is 1. The molecule has 0 unspecified atom stereocenters. The van der Waals surface area contributed by atoms with Gasteiger partial charge >= 0.3 is 0 Å². The fourth-order valence-corrected chi connectivity index (χ4v) is 4.30. The van der Waals surface area contributed by atoms with E-state index in [1.807, 2.05) is 0 Å². The summed E-state index contributed by atoms with van der Waals surface area (Å²) in [7, 11) is -0.903. The molecule has 0 aliphatic carbocycles. The summed E-state index contributed by atoms with van der Waals surface area (Å²) >= 11 is 0.921. The fraction of sp³-hybridized carbons (Fsp3) is 0.188. The lowest BCUT2D eigenvalue weighted by Crippen LogP contribution is -2.23. The van der Waals surface area contributed by atoms with Crippen molar-refractivity contribution < 1.29 is 22.7 Å². The minimum absolute atomic E-state index is 0.00814. The lowest BCUT2D eigenvalue weighted by molar-refractivity contribution is -0.113. The molecule has 3 aromatic rings. The number of nitrogens with one attached hydrogen (secondary N) is 1. The SMILES string of the molecule is COc1ccc(NC(=O)CS(=O)(=O)c2cccc3nsnc23)cc1OC. The first kappa shape index (κ1) is 18.1. The Kier molecular flexibility index (Phi) is 5.05. The van der Waals surface area contributed by atoms with Crippen molar-refractivity contribution in [2.24, 2.45) is 0 Å². The first-order chi connectivity index (χ1) is 12.4. The summed E-state index contributed by atoms with van der Waals surface area (Å²) in [5, 5.41) is 2.55. The van der Waals surface area contributed by atoms with Gasteiger partial charge in [-0.1, -0.05) is 6.07 Å². The number of fused-ring (bicyclic) bond motifs is 1. The number of benzene rings is 2. The Morgan fingerprint density at radius 1 is 1.12 bits per heavy atom. The van der Waals surface area contributed by atoms with Gasteiger partial charge in [-0.2, -0.15) is 8.75 Å². The molecule has 0 fully saturated rings. The predicted molar refractivity (Wildman–Crippen MR) is 97.6 cm³/mol. The number of rotatable bonds is 6. The Hall–Kier alpha value is -2.72. The summed E-state index contributed by atoms with van der Waals surface area (Å²) in [4.78, 5) is 12.2. The van der Waals surface area contributed by atoms with Crippen molar-refractivity contribution in [1.29, 1.82) is 0 Å². The Bertz CT molecular complexity index is 1060. The maximum Gasteiger partial charge on any atom is 0.239 e. The molecule has 1 N–H and O–H groups in total. The van der Waals surface area contributed by atoms with Crippen LogP contribution >= 0.6 is 11.7 Å². The molecule has 0 saturated heterocycles. The van der Waals surface area contributed by atoms with Crippen LogP contribution in [0.1, 0.15) is 0 Å². The first-order valence-corrected chi connectivity index (χ1v) is 9.79. The van der Waals surface area contributed by atoms with Crippen LogP contribution in [-0.4, -0.2) is 43.0 Å². The van der Waals surface area contributed by atoms with Crippen LogP contribution in [0.15, 0.2) is 41.3 Å². The van der Waals surface area contributed by atoms with Crippen LogP contribution in [-0.2, 0) is 14.6 Å². The van der Waals surface area contributed by atoms with E-state index in [0.717, 1.165) is 11.7 Å². The van der Waals surface area contributed by atoms with Gasteiger partial charge in [-0.3, -0.25) is 4.79 Å². The molecule has 0 aliphatic rings. The Labute approximate surface area is 154 Å². The van der Waals surface area contributed by atoms with E-state index in [4.69, 9.17) is 9.47 Å². The zero-order chi connectivity index (χ0) is 18.7. The Morgan fingerprint density at radius 3 is 2.62 bits per heavy atom. The second kappa shape index (κ2) is 7.26. The highest BCUT2D eigenvalue weighted by Gasteiger charge is 2.23. The van der Waals surface area contributed by atoms with Gasteiger partial charge in [-0.25, -0.2) is 8.42 Å². The minimum atomic E-state index is -3.87. The summed E-state index contributed by atoms with van der Waals surface area (Å²) in [6.07, 6.45) is 0. The van der Waals surface area contributed by atoms with Crippen molar-refractivity contribution >= 4 is 44.2 Å². The third kappa shape index (κ3) is 3.60. The molecule has 0 radical (unpaired) electrons. The summed E-state index contributed by atoms with van der Waals surface area (Å²) in [6, 6.07) is 9.42. The molecule has 26 heavy (non-hydrogen) atoms. The topological polar surface area (TPSA) is 107 Å². The molecule has 8 nitrogen and oxygen atoms in total. The molecule has 1 amide bonds. The van der Waals surface area contributed by atoms with E-state index in [-0.39, 0.29) is 10.4 Å². The van der Waals surface area contributed by atoms with Crippen LogP contribution < -0.4 is 14.8 Å². The molecule has 3 rings (SSSR count). The van der Waals surface area contributed by atoms with Crippen molar-refractivity contribution in [3.63, 3.8) is 0 Å².